The van der Waals surface area contributed by atoms with Gasteiger partial charge in [0, 0.05) is 18.7 Å². The van der Waals surface area contributed by atoms with E-state index in [1.54, 1.807) is 12.1 Å². The van der Waals surface area contributed by atoms with Gasteiger partial charge in [-0.2, -0.15) is 0 Å². The fraction of sp³-hybridized carbons (Fsp3) is 0.500. The van der Waals surface area contributed by atoms with Gasteiger partial charge in [0.25, 0.3) is 0 Å². The van der Waals surface area contributed by atoms with E-state index in [0.29, 0.717) is 5.56 Å². The molecule has 4 unspecified atom stereocenters. The van der Waals surface area contributed by atoms with Crippen molar-refractivity contribution in [3.05, 3.63) is 29.8 Å². The number of aliphatic hydroxyl groups is 2. The molecule has 0 aliphatic carbocycles. The highest BCUT2D eigenvalue weighted by molar-refractivity contribution is 8.00. The molecule has 5 amide bonds. The predicted octanol–water partition coefficient (Wildman–Crippen LogP) is -4.42. The second kappa shape index (κ2) is 18.2. The molecule has 0 bridgehead atoms. The quantitative estimate of drug-likeness (QED) is 0.0519. The molecule has 248 valence electrons. The van der Waals surface area contributed by atoms with Gasteiger partial charge in [-0.05, 0) is 30.5 Å². The number of aliphatic carboxylic acids is 1. The average Bonchev–Trinajstić information content (AvgIpc) is 2.96. The Labute approximate surface area is 261 Å². The van der Waals surface area contributed by atoms with Crippen molar-refractivity contribution in [3.8, 4) is 5.75 Å². The number of phenols is 1. The maximum atomic E-state index is 13.4. The van der Waals surface area contributed by atoms with Gasteiger partial charge in [0.15, 0.2) is 12.2 Å². The van der Waals surface area contributed by atoms with Gasteiger partial charge in [0.2, 0.25) is 29.5 Å². The van der Waals surface area contributed by atoms with E-state index in [4.69, 9.17) is 11.5 Å². The Morgan fingerprint density at radius 2 is 1.56 bits per heavy atom. The maximum absolute atomic E-state index is 13.4. The highest BCUT2D eigenvalue weighted by atomic mass is 32.2. The first-order chi connectivity index (χ1) is 21.2. The zero-order valence-corrected chi connectivity index (χ0v) is 24.9. The first-order valence-electron chi connectivity index (χ1n) is 13.7. The molecule has 13 N–H and O–H groups in total. The largest absolute Gasteiger partial charge is 0.508 e. The summed E-state index contributed by atoms with van der Waals surface area (Å²) in [7, 11) is 0. The Morgan fingerprint density at radius 1 is 0.911 bits per heavy atom. The molecule has 0 spiro atoms. The normalized spacial score (nSPS) is 22.5. The van der Waals surface area contributed by atoms with Gasteiger partial charge in [0.05, 0.1) is 24.8 Å². The van der Waals surface area contributed by atoms with Gasteiger partial charge < -0.3 is 58.5 Å². The number of nitrogens with one attached hydrogen (secondary N) is 5. The molecule has 1 aliphatic rings. The number of rotatable bonds is 9. The monoisotopic (exact) mass is 654 g/mol. The lowest BCUT2D eigenvalue weighted by atomic mass is 10.0. The Balaban J connectivity index is 2.36. The number of carboxylic acid groups (broad SMARTS) is 1. The van der Waals surface area contributed by atoms with Gasteiger partial charge >= 0.3 is 5.97 Å². The molecular formula is C26H38N8O10S. The van der Waals surface area contributed by atoms with Crippen LogP contribution in [0.25, 0.3) is 0 Å². The van der Waals surface area contributed by atoms with Crippen molar-refractivity contribution in [2.75, 3.05) is 24.6 Å². The fourth-order valence-electron chi connectivity index (χ4n) is 4.04. The minimum atomic E-state index is -2.10. The number of amides is 5. The minimum Gasteiger partial charge on any atom is -0.508 e. The lowest BCUT2D eigenvalue weighted by Crippen LogP contribution is -2.57. The molecule has 1 fully saturated rings. The molecule has 0 aromatic heterocycles. The number of nitrogens with zero attached hydrogens (tertiary/aromatic N) is 1. The number of hydrogen-bond donors (Lipinski definition) is 11. The van der Waals surface area contributed by atoms with Crippen LogP contribution in [0.15, 0.2) is 29.3 Å². The van der Waals surface area contributed by atoms with E-state index in [2.05, 4.69) is 31.6 Å². The molecule has 45 heavy (non-hydrogen) atoms. The number of carbonyl (C=O) groups is 6. The first-order valence-corrected chi connectivity index (χ1v) is 14.9. The number of aromatic hydroxyl groups is 1. The second-order valence-electron chi connectivity index (χ2n) is 9.98. The van der Waals surface area contributed by atoms with Gasteiger partial charge in [-0.3, -0.25) is 33.8 Å². The van der Waals surface area contributed by atoms with E-state index < -0.39 is 78.9 Å². The van der Waals surface area contributed by atoms with Crippen molar-refractivity contribution in [1.29, 1.82) is 0 Å². The topological polar surface area (TPSA) is 308 Å². The fourth-order valence-corrected chi connectivity index (χ4v) is 4.94. The lowest BCUT2D eigenvalue weighted by Gasteiger charge is -2.25. The van der Waals surface area contributed by atoms with Crippen LogP contribution in [0, 0.1) is 0 Å². The number of phenolic OH excluding ortho intramolecular Hbond substituents is 1. The summed E-state index contributed by atoms with van der Waals surface area (Å²) in [5.41, 5.74) is 11.2. The van der Waals surface area contributed by atoms with Crippen LogP contribution >= 0.6 is 11.8 Å². The highest BCUT2D eigenvalue weighted by Crippen LogP contribution is 2.13. The third kappa shape index (κ3) is 13.7. The lowest BCUT2D eigenvalue weighted by molar-refractivity contribution is -0.141. The SMILES string of the molecule is NC(N)=NCCCC1NC(=O)C(Cc2ccc(O)cc2)NC(=O)CSCC(C(O)O)NC(=O)C(CC(=O)O)NC(=O)CNC1=O. The number of aliphatic imine (C=N–C) groups is 1. The summed E-state index contributed by atoms with van der Waals surface area (Å²) in [6.07, 6.45) is -2.76. The number of guanidine groups is 1. The summed E-state index contributed by atoms with van der Waals surface area (Å²) in [4.78, 5) is 79.9. The molecular weight excluding hydrogens is 616 g/mol. The molecule has 18 nitrogen and oxygen atoms in total. The molecule has 1 aromatic carbocycles. The molecule has 2 rings (SSSR count). The van der Waals surface area contributed by atoms with Crippen molar-refractivity contribution in [2.45, 2.75) is 56.1 Å². The maximum Gasteiger partial charge on any atom is 0.305 e. The third-order valence-electron chi connectivity index (χ3n) is 6.28. The molecule has 19 heteroatoms. The Hall–Kier alpha value is -4.62. The van der Waals surface area contributed by atoms with Gasteiger partial charge in [-0.1, -0.05) is 12.1 Å². The molecule has 1 aliphatic heterocycles. The Morgan fingerprint density at radius 3 is 2.18 bits per heavy atom. The van der Waals surface area contributed by atoms with Gasteiger partial charge in [0.1, 0.15) is 23.9 Å². The summed E-state index contributed by atoms with van der Waals surface area (Å²) in [6.45, 7) is -0.596. The van der Waals surface area contributed by atoms with E-state index in [0.717, 1.165) is 11.8 Å². The number of thioether (sulfide) groups is 1. The summed E-state index contributed by atoms with van der Waals surface area (Å²) in [5.74, 6) is -6.32. The third-order valence-corrected chi connectivity index (χ3v) is 7.34. The van der Waals surface area contributed by atoms with Crippen molar-refractivity contribution in [3.63, 3.8) is 0 Å². The van der Waals surface area contributed by atoms with E-state index in [1.807, 2.05) is 0 Å². The molecule has 0 radical (unpaired) electrons. The van der Waals surface area contributed by atoms with Crippen molar-refractivity contribution in [1.82, 2.24) is 26.6 Å². The van der Waals surface area contributed by atoms with Crippen LogP contribution < -0.4 is 38.1 Å². The van der Waals surface area contributed by atoms with E-state index >= 15 is 0 Å². The summed E-state index contributed by atoms with van der Waals surface area (Å²) in [5, 5.41) is 50.2. The molecule has 1 aromatic rings. The van der Waals surface area contributed by atoms with Crippen LogP contribution in [0.2, 0.25) is 0 Å². The minimum absolute atomic E-state index is 0.0145. The molecule has 0 saturated carbocycles. The molecule has 1 saturated heterocycles. The Kier molecular flexibility index (Phi) is 14.8. The highest BCUT2D eigenvalue weighted by Gasteiger charge is 2.30. The number of carbonyl (C=O) groups excluding carboxylic acids is 5. The van der Waals surface area contributed by atoms with E-state index in [1.165, 1.54) is 12.1 Å². The van der Waals surface area contributed by atoms with Gasteiger partial charge in [-0.15, -0.1) is 11.8 Å². The number of carboxylic acids is 1. The first kappa shape index (κ1) is 36.6. The van der Waals surface area contributed by atoms with Crippen LogP contribution in [0.5, 0.6) is 5.75 Å². The average molecular weight is 655 g/mol. The zero-order chi connectivity index (χ0) is 33.5. The number of aliphatic hydroxyl groups excluding tert-OH is 1. The molecule has 1 heterocycles. The summed E-state index contributed by atoms with van der Waals surface area (Å²) >= 11 is 0.875. The molecule has 4 atom stereocenters. The van der Waals surface area contributed by atoms with Gasteiger partial charge in [-0.25, -0.2) is 0 Å². The van der Waals surface area contributed by atoms with Crippen molar-refractivity contribution >= 4 is 53.2 Å². The van der Waals surface area contributed by atoms with E-state index in [-0.39, 0.29) is 49.0 Å². The van der Waals surface area contributed by atoms with Crippen LogP contribution in [0.3, 0.4) is 0 Å². The zero-order valence-electron chi connectivity index (χ0n) is 24.1. The smallest absolute Gasteiger partial charge is 0.305 e. The number of nitrogens with two attached hydrogens (primary N) is 2. The standard InChI is InChI=1S/C26H38N8O10S/c27-26(28)29-7-1-2-15-22(40)30-10-19(36)31-17(9-21(38)39)24(42)34-18(25(43)44)11-45-12-20(37)32-16(23(41)33-15)8-13-3-5-14(35)6-4-13/h3-6,15-18,25,35,43-44H,1-2,7-12H2,(H,30,40)(H,31,36)(H,32,37)(H,33,41)(H,34,42)(H,38,39)(H4,27,28,29). The van der Waals surface area contributed by atoms with Crippen LogP contribution in [-0.2, 0) is 35.2 Å². The van der Waals surface area contributed by atoms with E-state index in [9.17, 15) is 49.2 Å². The van der Waals surface area contributed by atoms with Crippen LogP contribution in [0.4, 0.5) is 0 Å². The summed E-state index contributed by atoms with van der Waals surface area (Å²) in [6, 6.07) is 0.444. The number of hydrogen-bond acceptors (Lipinski definition) is 11. The van der Waals surface area contributed by atoms with Crippen molar-refractivity contribution in [2.24, 2.45) is 16.5 Å². The second-order valence-corrected chi connectivity index (χ2v) is 11.0. The van der Waals surface area contributed by atoms with Crippen LogP contribution in [0.1, 0.15) is 24.8 Å². The van der Waals surface area contributed by atoms with Crippen molar-refractivity contribution < 1.29 is 49.2 Å². The Bertz CT molecular complexity index is 1240. The number of benzene rings is 1. The predicted molar refractivity (Wildman–Crippen MR) is 160 cm³/mol. The van der Waals surface area contributed by atoms with Crippen LogP contribution in [-0.4, -0.2) is 117 Å². The summed E-state index contributed by atoms with van der Waals surface area (Å²) < 4.78 is 0.